The number of benzene rings is 2. The zero-order valence-electron chi connectivity index (χ0n) is 20.2. The van der Waals surface area contributed by atoms with Crippen molar-refractivity contribution in [2.75, 3.05) is 18.5 Å². The molecule has 0 saturated heterocycles. The molecule has 2 heterocycles. The molecule has 194 valence electrons. The molecule has 1 atom stereocenters. The van der Waals surface area contributed by atoms with Crippen LogP contribution in [0.5, 0.6) is 0 Å². The summed E-state index contributed by atoms with van der Waals surface area (Å²) >= 11 is 0. The van der Waals surface area contributed by atoms with E-state index in [0.29, 0.717) is 23.4 Å². The van der Waals surface area contributed by atoms with Crippen LogP contribution in [0.25, 0.3) is 0 Å². The Kier molecular flexibility index (Phi) is 8.04. The largest absolute Gasteiger partial charge is 0.467 e. The molecular formula is C26H27N3O7S. The Morgan fingerprint density at radius 1 is 1.05 bits per heavy atom. The average molecular weight is 526 g/mol. The molecule has 0 fully saturated rings. The van der Waals surface area contributed by atoms with Gasteiger partial charge in [0.05, 0.1) is 30.2 Å². The maximum Gasteiger partial charge on any atom is 0.308 e. The third kappa shape index (κ3) is 6.43. The van der Waals surface area contributed by atoms with Gasteiger partial charge in [-0.1, -0.05) is 24.3 Å². The summed E-state index contributed by atoms with van der Waals surface area (Å²) in [5.41, 5.74) is 2.14. The predicted molar refractivity (Wildman–Crippen MR) is 134 cm³/mol. The SMILES string of the molecule is CC(=O)Nc1ccc(S(=O)(=O)N2CCc3ccccc3[C@H]2CC(=O)OCC(=O)NCc2ccco2)cc1. The lowest BCUT2D eigenvalue weighted by Crippen LogP contribution is -2.41. The van der Waals surface area contributed by atoms with Gasteiger partial charge in [0.2, 0.25) is 15.9 Å². The number of carbonyl (C=O) groups excluding carboxylic acids is 3. The minimum Gasteiger partial charge on any atom is -0.467 e. The second-order valence-corrected chi connectivity index (χ2v) is 10.4. The number of sulfonamides is 1. The fourth-order valence-corrected chi connectivity index (χ4v) is 5.80. The number of rotatable bonds is 9. The molecule has 0 unspecified atom stereocenters. The van der Waals surface area contributed by atoms with E-state index in [0.717, 1.165) is 5.56 Å². The topological polar surface area (TPSA) is 135 Å². The van der Waals surface area contributed by atoms with Gasteiger partial charge in [0.1, 0.15) is 5.76 Å². The molecule has 3 aromatic rings. The van der Waals surface area contributed by atoms with E-state index in [1.165, 1.54) is 41.8 Å². The Balaban J connectivity index is 1.48. The molecule has 2 N–H and O–H groups in total. The maximum absolute atomic E-state index is 13.6. The Morgan fingerprint density at radius 2 is 1.81 bits per heavy atom. The summed E-state index contributed by atoms with van der Waals surface area (Å²) in [6.45, 7) is 1.20. The van der Waals surface area contributed by atoms with E-state index in [-0.39, 0.29) is 30.3 Å². The normalized spacial score (nSPS) is 15.4. The molecule has 0 aliphatic carbocycles. The molecule has 4 rings (SSSR count). The first-order valence-corrected chi connectivity index (χ1v) is 13.1. The molecule has 0 radical (unpaired) electrons. The van der Waals surface area contributed by atoms with Gasteiger partial charge in [0.25, 0.3) is 5.91 Å². The van der Waals surface area contributed by atoms with Crippen molar-refractivity contribution in [1.29, 1.82) is 0 Å². The van der Waals surface area contributed by atoms with Crippen LogP contribution in [0.4, 0.5) is 5.69 Å². The summed E-state index contributed by atoms with van der Waals surface area (Å²) in [6.07, 6.45) is 1.71. The summed E-state index contributed by atoms with van der Waals surface area (Å²) in [5, 5.41) is 5.19. The van der Waals surface area contributed by atoms with Crippen LogP contribution in [-0.4, -0.2) is 43.7 Å². The van der Waals surface area contributed by atoms with E-state index in [1.54, 1.807) is 24.3 Å². The first kappa shape index (κ1) is 26.1. The number of fused-ring (bicyclic) bond motifs is 1. The third-order valence-electron chi connectivity index (χ3n) is 5.91. The van der Waals surface area contributed by atoms with E-state index in [2.05, 4.69) is 10.6 Å². The summed E-state index contributed by atoms with van der Waals surface area (Å²) < 4.78 is 38.8. The maximum atomic E-state index is 13.6. The molecule has 0 saturated carbocycles. The molecule has 0 bridgehead atoms. The summed E-state index contributed by atoms with van der Waals surface area (Å²) in [7, 11) is -3.99. The summed E-state index contributed by atoms with van der Waals surface area (Å²) in [5.74, 6) is -0.908. The predicted octanol–water partition coefficient (Wildman–Crippen LogP) is 2.78. The molecule has 1 aromatic heterocycles. The molecular weight excluding hydrogens is 498 g/mol. The van der Waals surface area contributed by atoms with Crippen LogP contribution in [0.1, 0.15) is 36.3 Å². The van der Waals surface area contributed by atoms with Crippen LogP contribution in [0.2, 0.25) is 0 Å². The third-order valence-corrected chi connectivity index (χ3v) is 7.83. The molecule has 37 heavy (non-hydrogen) atoms. The number of amides is 2. The number of ether oxygens (including phenoxy) is 1. The lowest BCUT2D eigenvalue weighted by atomic mass is 9.92. The van der Waals surface area contributed by atoms with E-state index in [9.17, 15) is 22.8 Å². The van der Waals surface area contributed by atoms with Crippen LogP contribution in [0, 0.1) is 0 Å². The lowest BCUT2D eigenvalue weighted by Gasteiger charge is -2.36. The molecule has 1 aliphatic rings. The Bertz CT molecular complexity index is 1370. The minimum absolute atomic E-state index is 0.0386. The number of anilines is 1. The van der Waals surface area contributed by atoms with Gasteiger partial charge in [-0.05, 0) is 53.9 Å². The fraction of sp³-hybridized carbons (Fsp3) is 0.269. The number of hydrogen-bond donors (Lipinski definition) is 2. The van der Waals surface area contributed by atoms with Gasteiger partial charge in [0, 0.05) is 19.2 Å². The van der Waals surface area contributed by atoms with Crippen molar-refractivity contribution in [1.82, 2.24) is 9.62 Å². The quantitative estimate of drug-likeness (QED) is 0.410. The van der Waals surface area contributed by atoms with E-state index in [4.69, 9.17) is 9.15 Å². The van der Waals surface area contributed by atoms with E-state index < -0.39 is 34.5 Å². The number of furan rings is 1. The number of esters is 1. The van der Waals surface area contributed by atoms with Gasteiger partial charge in [-0.2, -0.15) is 4.31 Å². The first-order chi connectivity index (χ1) is 17.7. The monoisotopic (exact) mass is 525 g/mol. The Morgan fingerprint density at radius 3 is 2.51 bits per heavy atom. The Hall–Kier alpha value is -3.96. The van der Waals surface area contributed by atoms with E-state index >= 15 is 0 Å². The van der Waals surface area contributed by atoms with Gasteiger partial charge in [-0.3, -0.25) is 14.4 Å². The zero-order chi connectivity index (χ0) is 26.4. The van der Waals surface area contributed by atoms with Gasteiger partial charge in [0.15, 0.2) is 6.61 Å². The van der Waals surface area contributed by atoms with Gasteiger partial charge < -0.3 is 19.8 Å². The highest BCUT2D eigenvalue weighted by Crippen LogP contribution is 2.36. The van der Waals surface area contributed by atoms with Gasteiger partial charge in [-0.15, -0.1) is 0 Å². The number of nitrogens with zero attached hydrogens (tertiary/aromatic N) is 1. The van der Waals surface area contributed by atoms with Crippen molar-refractivity contribution in [2.45, 2.75) is 37.2 Å². The standard InChI is InChI=1S/C26H27N3O7S/c1-18(30)28-20-8-10-22(11-9-20)37(33,34)29-13-12-19-5-2-3-7-23(19)24(29)15-26(32)36-17-25(31)27-16-21-6-4-14-35-21/h2-11,14,24H,12-13,15-17H2,1H3,(H,27,31)(H,28,30)/t24-/m1/s1. The number of hydrogen-bond acceptors (Lipinski definition) is 7. The summed E-state index contributed by atoms with van der Waals surface area (Å²) in [4.78, 5) is 36.1. The first-order valence-electron chi connectivity index (χ1n) is 11.7. The van der Waals surface area contributed by atoms with Crippen LogP contribution in [0.3, 0.4) is 0 Å². The van der Waals surface area contributed by atoms with Crippen molar-refractivity contribution in [3.05, 3.63) is 83.8 Å². The number of carbonyl (C=O) groups is 3. The molecule has 11 heteroatoms. The minimum atomic E-state index is -3.99. The molecule has 2 aromatic carbocycles. The van der Waals surface area contributed by atoms with Crippen molar-refractivity contribution in [2.24, 2.45) is 0 Å². The van der Waals surface area contributed by atoms with E-state index in [1.807, 2.05) is 12.1 Å². The van der Waals surface area contributed by atoms with Crippen molar-refractivity contribution < 1.29 is 32.0 Å². The average Bonchev–Trinajstić information content (AvgIpc) is 3.40. The van der Waals surface area contributed by atoms with Gasteiger partial charge >= 0.3 is 5.97 Å². The highest BCUT2D eigenvalue weighted by Gasteiger charge is 2.38. The number of nitrogens with one attached hydrogen (secondary N) is 2. The van der Waals surface area contributed by atoms with Crippen LogP contribution in [-0.2, 0) is 42.1 Å². The molecule has 1 aliphatic heterocycles. The van der Waals surface area contributed by atoms with Crippen LogP contribution < -0.4 is 10.6 Å². The fourth-order valence-electron chi connectivity index (χ4n) is 4.19. The zero-order valence-corrected chi connectivity index (χ0v) is 21.0. The van der Waals surface area contributed by atoms with Crippen molar-refractivity contribution >= 4 is 33.5 Å². The second-order valence-electron chi connectivity index (χ2n) is 8.51. The van der Waals surface area contributed by atoms with Crippen molar-refractivity contribution in [3.63, 3.8) is 0 Å². The van der Waals surface area contributed by atoms with Gasteiger partial charge in [-0.25, -0.2) is 8.42 Å². The lowest BCUT2D eigenvalue weighted by molar-refractivity contribution is -0.149. The van der Waals surface area contributed by atoms with Crippen LogP contribution in [0.15, 0.2) is 76.2 Å². The smallest absolute Gasteiger partial charge is 0.308 e. The summed E-state index contributed by atoms with van der Waals surface area (Å²) in [6, 6.07) is 15.8. The highest BCUT2D eigenvalue weighted by atomic mass is 32.2. The second kappa shape index (κ2) is 11.4. The molecule has 2 amide bonds. The molecule has 0 spiro atoms. The van der Waals surface area contributed by atoms with Crippen LogP contribution >= 0.6 is 0 Å². The van der Waals surface area contributed by atoms with Crippen molar-refractivity contribution in [3.8, 4) is 0 Å². The highest BCUT2D eigenvalue weighted by molar-refractivity contribution is 7.89. The Labute approximate surface area is 214 Å². The molecule has 10 nitrogen and oxygen atoms in total.